The second-order valence-electron chi connectivity index (χ2n) is 5.90. The molecule has 0 unspecified atom stereocenters. The molecule has 1 heterocycles. The third kappa shape index (κ3) is 4.53. The summed E-state index contributed by atoms with van der Waals surface area (Å²) in [6.45, 7) is 1.92. The van der Waals surface area contributed by atoms with E-state index in [0.717, 1.165) is 27.9 Å². The summed E-state index contributed by atoms with van der Waals surface area (Å²) in [6, 6.07) is 16.2. The molecule has 0 radical (unpaired) electrons. The summed E-state index contributed by atoms with van der Waals surface area (Å²) in [5, 5.41) is 4.51. The molecule has 0 saturated carbocycles. The van der Waals surface area contributed by atoms with E-state index in [9.17, 15) is 14.4 Å². The third-order valence-electron chi connectivity index (χ3n) is 3.95. The zero-order valence-electron chi connectivity index (χ0n) is 14.5. The third-order valence-corrected chi connectivity index (χ3v) is 5.19. The van der Waals surface area contributed by atoms with Gasteiger partial charge in [0.25, 0.3) is 5.24 Å². The minimum absolute atomic E-state index is 0.131. The van der Waals surface area contributed by atoms with E-state index in [0.29, 0.717) is 5.69 Å². The molecule has 138 valence electrons. The van der Waals surface area contributed by atoms with Crippen molar-refractivity contribution in [2.75, 3.05) is 10.2 Å². The van der Waals surface area contributed by atoms with E-state index in [-0.39, 0.29) is 16.8 Å². The first-order valence-electron chi connectivity index (χ1n) is 8.22. The number of hydrogen-bond acceptors (Lipinski definition) is 5. The number of amides is 3. The Bertz CT molecular complexity index is 902. The predicted molar refractivity (Wildman–Crippen MR) is 111 cm³/mol. The summed E-state index contributed by atoms with van der Waals surface area (Å²) in [4.78, 5) is 38.1. The highest BCUT2D eigenvalue weighted by atomic mass is 32.2. The summed E-state index contributed by atoms with van der Waals surface area (Å²) in [5.74, 6) is -0.821. The highest BCUT2D eigenvalue weighted by molar-refractivity contribution is 8.15. The Hall–Kier alpha value is -2.71. The lowest BCUT2D eigenvalue weighted by Crippen LogP contribution is -2.38. The van der Waals surface area contributed by atoms with Crippen LogP contribution in [0.2, 0.25) is 0 Å². The van der Waals surface area contributed by atoms with Crippen molar-refractivity contribution < 1.29 is 14.4 Å². The fraction of sp³-hybridized carbons (Fsp3) is 0.158. The molecule has 2 N–H and O–H groups in total. The van der Waals surface area contributed by atoms with E-state index < -0.39 is 17.1 Å². The number of para-hydroxylation sites is 2. The van der Waals surface area contributed by atoms with Gasteiger partial charge in [0.2, 0.25) is 11.8 Å². The van der Waals surface area contributed by atoms with E-state index in [1.54, 1.807) is 30.3 Å². The van der Waals surface area contributed by atoms with E-state index >= 15 is 0 Å². The number of nitrogens with zero attached hydrogens (tertiary/aromatic N) is 1. The number of rotatable bonds is 4. The van der Waals surface area contributed by atoms with Crippen molar-refractivity contribution in [1.82, 2.24) is 5.32 Å². The Morgan fingerprint density at radius 1 is 1.11 bits per heavy atom. The number of thiocarbonyl (C=S) groups is 1. The molecular formula is C19H17N3O3S2. The smallest absolute Gasteiger partial charge is 0.293 e. The number of carbonyl (C=O) groups is 3. The van der Waals surface area contributed by atoms with Gasteiger partial charge < -0.3 is 10.6 Å². The van der Waals surface area contributed by atoms with Gasteiger partial charge in [-0.25, -0.2) is 4.90 Å². The molecule has 1 aliphatic rings. The molecule has 3 rings (SSSR count). The monoisotopic (exact) mass is 399 g/mol. The molecule has 1 aliphatic heterocycles. The van der Waals surface area contributed by atoms with Crippen molar-refractivity contribution >= 4 is 57.5 Å². The largest absolute Gasteiger partial charge is 0.332 e. The Morgan fingerprint density at radius 2 is 1.78 bits per heavy atom. The van der Waals surface area contributed by atoms with Gasteiger partial charge in [0, 0.05) is 12.1 Å². The van der Waals surface area contributed by atoms with Gasteiger partial charge in [-0.1, -0.05) is 36.4 Å². The fourth-order valence-corrected chi connectivity index (χ4v) is 3.82. The molecule has 1 saturated heterocycles. The van der Waals surface area contributed by atoms with Crippen LogP contribution in [0.3, 0.4) is 0 Å². The highest BCUT2D eigenvalue weighted by Gasteiger charge is 2.41. The van der Waals surface area contributed by atoms with E-state index in [4.69, 9.17) is 12.2 Å². The van der Waals surface area contributed by atoms with Crippen molar-refractivity contribution in [3.63, 3.8) is 0 Å². The van der Waals surface area contributed by atoms with Gasteiger partial charge in [-0.15, -0.1) is 0 Å². The Kier molecular flexibility index (Phi) is 5.88. The number of nitrogens with one attached hydrogen (secondary N) is 2. The number of aryl methyl sites for hydroxylation is 1. The topological polar surface area (TPSA) is 78.5 Å². The van der Waals surface area contributed by atoms with Crippen LogP contribution < -0.4 is 15.5 Å². The summed E-state index contributed by atoms with van der Waals surface area (Å²) in [7, 11) is 0. The van der Waals surface area contributed by atoms with Crippen LogP contribution in [-0.4, -0.2) is 27.4 Å². The summed E-state index contributed by atoms with van der Waals surface area (Å²) >= 11 is 6.00. The maximum Gasteiger partial charge on any atom is 0.293 e. The van der Waals surface area contributed by atoms with Gasteiger partial charge >= 0.3 is 0 Å². The summed E-state index contributed by atoms with van der Waals surface area (Å²) in [6.07, 6.45) is -0.131. The normalized spacial score (nSPS) is 16.3. The molecule has 6 nitrogen and oxygen atoms in total. The second-order valence-corrected chi connectivity index (χ2v) is 7.47. The van der Waals surface area contributed by atoms with Crippen LogP contribution in [0.15, 0.2) is 54.6 Å². The minimum Gasteiger partial charge on any atom is -0.332 e. The van der Waals surface area contributed by atoms with Crippen molar-refractivity contribution in [2.24, 2.45) is 0 Å². The summed E-state index contributed by atoms with van der Waals surface area (Å²) in [5.41, 5.74) is 2.28. The molecule has 2 aromatic rings. The van der Waals surface area contributed by atoms with Crippen molar-refractivity contribution in [3.05, 3.63) is 60.2 Å². The second kappa shape index (κ2) is 8.32. The van der Waals surface area contributed by atoms with Crippen molar-refractivity contribution in [2.45, 2.75) is 18.6 Å². The molecular weight excluding hydrogens is 382 g/mol. The maximum absolute atomic E-state index is 12.5. The fourth-order valence-electron chi connectivity index (χ4n) is 2.61. The molecule has 1 atom stereocenters. The molecule has 3 amide bonds. The van der Waals surface area contributed by atoms with Crippen LogP contribution in [-0.2, 0) is 9.59 Å². The molecule has 27 heavy (non-hydrogen) atoms. The van der Waals surface area contributed by atoms with Gasteiger partial charge in [-0.05, 0) is 54.7 Å². The van der Waals surface area contributed by atoms with Crippen LogP contribution >= 0.6 is 24.0 Å². The Balaban J connectivity index is 1.58. The van der Waals surface area contributed by atoms with Crippen LogP contribution in [0.4, 0.5) is 16.2 Å². The zero-order valence-corrected chi connectivity index (χ0v) is 16.1. The molecule has 0 aliphatic carbocycles. The molecule has 0 bridgehead atoms. The van der Waals surface area contributed by atoms with Crippen LogP contribution in [0, 0.1) is 6.92 Å². The average Bonchev–Trinajstić information content (AvgIpc) is 2.91. The zero-order chi connectivity index (χ0) is 19.4. The average molecular weight is 399 g/mol. The number of thioether (sulfide) groups is 1. The van der Waals surface area contributed by atoms with Gasteiger partial charge in [-0.3, -0.25) is 14.4 Å². The number of imide groups is 1. The SMILES string of the molecule is Cc1ccccc1NC(=S)NC(=O)C[C@@H]1SC(=O)N(c2ccccc2)C1=O. The van der Waals surface area contributed by atoms with E-state index in [1.165, 1.54) is 0 Å². The molecule has 0 aromatic heterocycles. The Labute approximate surface area is 166 Å². The maximum atomic E-state index is 12.5. The van der Waals surface area contributed by atoms with Gasteiger partial charge in [0.1, 0.15) is 5.25 Å². The predicted octanol–water partition coefficient (Wildman–Crippen LogP) is 3.47. The van der Waals surface area contributed by atoms with Crippen LogP contribution in [0.5, 0.6) is 0 Å². The first kappa shape index (κ1) is 19.1. The molecule has 8 heteroatoms. The first-order valence-corrected chi connectivity index (χ1v) is 9.50. The number of anilines is 2. The first-order chi connectivity index (χ1) is 13.0. The molecule has 2 aromatic carbocycles. The van der Waals surface area contributed by atoms with Gasteiger partial charge in [0.15, 0.2) is 5.11 Å². The van der Waals surface area contributed by atoms with Crippen molar-refractivity contribution in [3.8, 4) is 0 Å². The van der Waals surface area contributed by atoms with E-state index in [1.807, 2.05) is 31.2 Å². The standard InChI is InChI=1S/C19H17N3O3S2/c1-12-7-5-6-10-14(12)20-18(26)21-16(23)11-15-17(24)22(19(25)27-15)13-8-3-2-4-9-13/h2-10,15H,11H2,1H3,(H2,20,21,23,26)/t15-/m0/s1. The lowest BCUT2D eigenvalue weighted by molar-refractivity contribution is -0.123. The molecule has 1 fully saturated rings. The molecule has 0 spiro atoms. The highest BCUT2D eigenvalue weighted by Crippen LogP contribution is 2.33. The summed E-state index contributed by atoms with van der Waals surface area (Å²) < 4.78 is 0. The Morgan fingerprint density at radius 3 is 2.48 bits per heavy atom. The van der Waals surface area contributed by atoms with Crippen LogP contribution in [0.25, 0.3) is 0 Å². The lowest BCUT2D eigenvalue weighted by Gasteiger charge is -2.14. The number of benzene rings is 2. The quantitative estimate of drug-likeness (QED) is 0.767. The number of hydrogen-bond donors (Lipinski definition) is 2. The van der Waals surface area contributed by atoms with E-state index in [2.05, 4.69) is 10.6 Å². The van der Waals surface area contributed by atoms with Crippen molar-refractivity contribution in [1.29, 1.82) is 0 Å². The minimum atomic E-state index is -0.765. The van der Waals surface area contributed by atoms with Gasteiger partial charge in [0.05, 0.1) is 5.69 Å². The van der Waals surface area contributed by atoms with Gasteiger partial charge in [-0.2, -0.15) is 0 Å². The lowest BCUT2D eigenvalue weighted by atomic mass is 10.2. The van der Waals surface area contributed by atoms with Crippen LogP contribution in [0.1, 0.15) is 12.0 Å². The number of carbonyl (C=O) groups excluding carboxylic acids is 3.